The van der Waals surface area contributed by atoms with E-state index in [0.29, 0.717) is 56.2 Å². The van der Waals surface area contributed by atoms with Gasteiger partial charge in [0, 0.05) is 61.1 Å². The van der Waals surface area contributed by atoms with E-state index in [2.05, 4.69) is 16.7 Å². The Balaban J connectivity index is 1.23. The van der Waals surface area contributed by atoms with Gasteiger partial charge in [-0.25, -0.2) is 9.78 Å². The lowest BCUT2D eigenvalue weighted by Crippen LogP contribution is -2.40. The molecule has 1 saturated heterocycles. The van der Waals surface area contributed by atoms with Crippen molar-refractivity contribution < 1.29 is 14.3 Å². The molecule has 0 spiro atoms. The molecule has 0 radical (unpaired) electrons. The van der Waals surface area contributed by atoms with Crippen molar-refractivity contribution in [2.24, 2.45) is 7.05 Å². The highest BCUT2D eigenvalue weighted by molar-refractivity contribution is 6.04. The molecule has 220 valence electrons. The number of ether oxygens (including phenoxy) is 1. The predicted molar refractivity (Wildman–Crippen MR) is 167 cm³/mol. The Morgan fingerprint density at radius 2 is 1.63 bits per heavy atom. The zero-order valence-electron chi connectivity index (χ0n) is 24.5. The minimum atomic E-state index is -0.278. The van der Waals surface area contributed by atoms with Crippen molar-refractivity contribution in [2.45, 2.75) is 20.3 Å². The van der Waals surface area contributed by atoms with Crippen molar-refractivity contribution in [2.75, 3.05) is 48.4 Å². The van der Waals surface area contributed by atoms with E-state index < -0.39 is 0 Å². The summed E-state index contributed by atoms with van der Waals surface area (Å²) in [5.74, 6) is 0.132. The first-order chi connectivity index (χ1) is 20.8. The SMILES string of the molecule is Cc1cc(C)cc(NC(=O)N2CCc3c(-c4cn(C)c(=O)c(Nc5ccc(C(=O)N6CCOCC6)cc5)n4)cccc32)c1. The van der Waals surface area contributed by atoms with Crippen LogP contribution in [0.3, 0.4) is 0 Å². The molecule has 0 aliphatic carbocycles. The number of aryl methyl sites for hydroxylation is 3. The van der Waals surface area contributed by atoms with Gasteiger partial charge in [0.2, 0.25) is 0 Å². The fraction of sp³-hybridized carbons (Fsp3) is 0.273. The summed E-state index contributed by atoms with van der Waals surface area (Å²) in [7, 11) is 1.69. The molecular formula is C33H34N6O4. The van der Waals surface area contributed by atoms with Crippen LogP contribution in [0, 0.1) is 13.8 Å². The second kappa shape index (κ2) is 11.7. The summed E-state index contributed by atoms with van der Waals surface area (Å²) in [5, 5.41) is 6.17. The van der Waals surface area contributed by atoms with Crippen molar-refractivity contribution in [1.29, 1.82) is 0 Å². The normalized spacial score (nSPS) is 14.4. The van der Waals surface area contributed by atoms with Gasteiger partial charge in [0.1, 0.15) is 0 Å². The number of aromatic nitrogens is 2. The highest BCUT2D eigenvalue weighted by Gasteiger charge is 2.28. The number of carbonyl (C=O) groups is 2. The van der Waals surface area contributed by atoms with Crippen LogP contribution in [0.2, 0.25) is 0 Å². The van der Waals surface area contributed by atoms with Gasteiger partial charge in [-0.2, -0.15) is 0 Å². The first-order valence-corrected chi connectivity index (χ1v) is 14.4. The van der Waals surface area contributed by atoms with Crippen LogP contribution in [0.1, 0.15) is 27.0 Å². The maximum atomic E-state index is 13.3. The standard InChI is InChI=1S/C33H34N6O4/c1-21-17-22(2)19-25(18-21)35-33(42)39-12-11-27-26(5-4-6-29(27)39)28-20-37(3)32(41)30(36-28)34-24-9-7-23(8-10-24)31(40)38-13-15-43-16-14-38/h4-10,17-20H,11-16H2,1-3H3,(H,34,36)(H,35,42). The lowest BCUT2D eigenvalue weighted by molar-refractivity contribution is 0.0303. The maximum absolute atomic E-state index is 13.3. The summed E-state index contributed by atoms with van der Waals surface area (Å²) in [6.07, 6.45) is 2.38. The molecule has 2 aliphatic rings. The fourth-order valence-corrected chi connectivity index (χ4v) is 5.72. The molecule has 43 heavy (non-hydrogen) atoms. The van der Waals surface area contributed by atoms with Gasteiger partial charge < -0.3 is 24.8 Å². The molecule has 3 amide bonds. The molecule has 2 aliphatic heterocycles. The molecule has 10 heteroatoms. The second-order valence-corrected chi connectivity index (χ2v) is 11.0. The van der Waals surface area contributed by atoms with Gasteiger partial charge in [0.15, 0.2) is 5.82 Å². The van der Waals surface area contributed by atoms with Gasteiger partial charge in [-0.15, -0.1) is 0 Å². The molecule has 0 unspecified atom stereocenters. The second-order valence-electron chi connectivity index (χ2n) is 11.0. The molecule has 6 rings (SSSR count). The maximum Gasteiger partial charge on any atom is 0.326 e. The monoisotopic (exact) mass is 578 g/mol. The smallest absolute Gasteiger partial charge is 0.326 e. The molecule has 1 fully saturated rings. The van der Waals surface area contributed by atoms with E-state index in [1.54, 1.807) is 47.3 Å². The summed E-state index contributed by atoms with van der Waals surface area (Å²) < 4.78 is 6.84. The fourth-order valence-electron chi connectivity index (χ4n) is 5.72. The highest BCUT2D eigenvalue weighted by Crippen LogP contribution is 2.36. The van der Waals surface area contributed by atoms with Crippen LogP contribution in [-0.4, -0.2) is 59.2 Å². The molecule has 4 aromatic rings. The molecule has 3 heterocycles. The van der Waals surface area contributed by atoms with Crippen molar-refractivity contribution in [3.05, 3.63) is 99.5 Å². The van der Waals surface area contributed by atoms with E-state index in [4.69, 9.17) is 9.72 Å². The van der Waals surface area contributed by atoms with E-state index in [1.807, 2.05) is 44.2 Å². The molecule has 0 saturated carbocycles. The molecule has 0 bridgehead atoms. The number of benzene rings is 3. The number of nitrogens with zero attached hydrogens (tertiary/aromatic N) is 4. The molecule has 0 atom stereocenters. The Labute approximate surface area is 249 Å². The summed E-state index contributed by atoms with van der Waals surface area (Å²) in [6, 6.07) is 18.6. The first-order valence-electron chi connectivity index (χ1n) is 14.4. The Kier molecular flexibility index (Phi) is 7.69. The average molecular weight is 579 g/mol. The third-order valence-corrected chi connectivity index (χ3v) is 7.79. The number of amides is 3. The van der Waals surface area contributed by atoms with E-state index in [-0.39, 0.29) is 23.3 Å². The topological polar surface area (TPSA) is 109 Å². The number of morpholine rings is 1. The van der Waals surface area contributed by atoms with E-state index in [1.165, 1.54) is 4.57 Å². The van der Waals surface area contributed by atoms with Crippen molar-refractivity contribution >= 4 is 34.8 Å². The van der Waals surface area contributed by atoms with Crippen LogP contribution in [0.5, 0.6) is 0 Å². The van der Waals surface area contributed by atoms with Crippen molar-refractivity contribution in [1.82, 2.24) is 14.5 Å². The molecular weight excluding hydrogens is 544 g/mol. The van der Waals surface area contributed by atoms with Gasteiger partial charge >= 0.3 is 6.03 Å². The van der Waals surface area contributed by atoms with Gasteiger partial charge in [0.25, 0.3) is 11.5 Å². The van der Waals surface area contributed by atoms with Crippen LogP contribution >= 0.6 is 0 Å². The van der Waals surface area contributed by atoms with E-state index >= 15 is 0 Å². The number of rotatable bonds is 5. The average Bonchev–Trinajstić information content (AvgIpc) is 3.44. The summed E-state index contributed by atoms with van der Waals surface area (Å²) in [5.41, 5.74) is 7.19. The van der Waals surface area contributed by atoms with Gasteiger partial charge in [-0.3, -0.25) is 14.5 Å². The molecule has 3 aromatic carbocycles. The Bertz CT molecular complexity index is 1740. The van der Waals surface area contributed by atoms with Crippen LogP contribution in [0.15, 0.2) is 71.7 Å². The Morgan fingerprint density at radius 1 is 0.907 bits per heavy atom. The number of hydrogen-bond donors (Lipinski definition) is 2. The van der Waals surface area contributed by atoms with Gasteiger partial charge in [0.05, 0.1) is 18.9 Å². The predicted octanol–water partition coefficient (Wildman–Crippen LogP) is 4.87. The largest absolute Gasteiger partial charge is 0.378 e. The lowest BCUT2D eigenvalue weighted by Gasteiger charge is -2.26. The number of hydrogen-bond acceptors (Lipinski definition) is 6. The minimum Gasteiger partial charge on any atom is -0.378 e. The third-order valence-electron chi connectivity index (χ3n) is 7.79. The minimum absolute atomic E-state index is 0.0412. The quantitative estimate of drug-likeness (QED) is 0.350. The van der Waals surface area contributed by atoms with Gasteiger partial charge in [-0.1, -0.05) is 18.2 Å². The number of nitrogens with one attached hydrogen (secondary N) is 2. The molecule has 2 N–H and O–H groups in total. The van der Waals surface area contributed by atoms with Crippen molar-refractivity contribution in [3.8, 4) is 11.3 Å². The van der Waals surface area contributed by atoms with Crippen LogP contribution < -0.4 is 21.1 Å². The zero-order valence-corrected chi connectivity index (χ0v) is 24.5. The first kappa shape index (κ1) is 28.2. The number of anilines is 4. The van der Waals surface area contributed by atoms with E-state index in [9.17, 15) is 14.4 Å². The lowest BCUT2D eigenvalue weighted by atomic mass is 10.0. The number of fused-ring (bicyclic) bond motifs is 1. The van der Waals surface area contributed by atoms with Gasteiger partial charge in [-0.05, 0) is 79.4 Å². The van der Waals surface area contributed by atoms with Crippen LogP contribution in [-0.2, 0) is 18.2 Å². The third kappa shape index (κ3) is 5.87. The highest BCUT2D eigenvalue weighted by atomic mass is 16.5. The molecule has 10 nitrogen and oxygen atoms in total. The summed E-state index contributed by atoms with van der Waals surface area (Å²) >= 11 is 0. The Morgan fingerprint density at radius 3 is 2.35 bits per heavy atom. The number of carbonyl (C=O) groups excluding carboxylic acids is 2. The van der Waals surface area contributed by atoms with Crippen molar-refractivity contribution in [3.63, 3.8) is 0 Å². The Hall–Kier alpha value is -4.96. The summed E-state index contributed by atoms with van der Waals surface area (Å²) in [4.78, 5) is 47.4. The van der Waals surface area contributed by atoms with Crippen LogP contribution in [0.4, 0.5) is 27.7 Å². The van der Waals surface area contributed by atoms with E-state index in [0.717, 1.165) is 33.6 Å². The van der Waals surface area contributed by atoms with Crippen LogP contribution in [0.25, 0.3) is 11.3 Å². The number of urea groups is 1. The zero-order chi connectivity index (χ0) is 30.1. The summed E-state index contributed by atoms with van der Waals surface area (Å²) in [6.45, 7) is 6.78. The molecule has 1 aromatic heterocycles.